The Bertz CT molecular complexity index is 473. The first kappa shape index (κ1) is 13.4. The van der Waals surface area contributed by atoms with Crippen molar-refractivity contribution in [1.82, 2.24) is 5.32 Å². The summed E-state index contributed by atoms with van der Waals surface area (Å²) in [6.07, 6.45) is 3.72. The predicted molar refractivity (Wildman–Crippen MR) is 75.6 cm³/mol. The number of hydrogen-bond donors (Lipinski definition) is 1. The van der Waals surface area contributed by atoms with E-state index < -0.39 is 0 Å². The molecule has 1 saturated heterocycles. The van der Waals surface area contributed by atoms with Gasteiger partial charge in [0.15, 0.2) is 0 Å². The van der Waals surface area contributed by atoms with Crippen molar-refractivity contribution in [2.75, 3.05) is 20.3 Å². The molecule has 0 atom stereocenters. The summed E-state index contributed by atoms with van der Waals surface area (Å²) in [6.45, 7) is 1.40. The summed E-state index contributed by atoms with van der Waals surface area (Å²) < 4.78 is 10.5. The SMILES string of the molecule is COc1ccc(C2(NC(=O)C3CCOCC3)CC2)cc1. The van der Waals surface area contributed by atoms with Gasteiger partial charge in [0.25, 0.3) is 0 Å². The highest BCUT2D eigenvalue weighted by atomic mass is 16.5. The molecule has 1 N–H and O–H groups in total. The van der Waals surface area contributed by atoms with E-state index in [1.54, 1.807) is 7.11 Å². The Balaban J connectivity index is 1.67. The van der Waals surface area contributed by atoms with Crippen LogP contribution in [0.25, 0.3) is 0 Å². The molecule has 1 aromatic rings. The minimum Gasteiger partial charge on any atom is -0.497 e. The van der Waals surface area contributed by atoms with Gasteiger partial charge in [-0.25, -0.2) is 0 Å². The second-order valence-corrected chi connectivity index (χ2v) is 5.69. The van der Waals surface area contributed by atoms with Crippen LogP contribution < -0.4 is 10.1 Å². The molecule has 4 nitrogen and oxygen atoms in total. The van der Waals surface area contributed by atoms with Crippen molar-refractivity contribution in [3.8, 4) is 5.75 Å². The Morgan fingerprint density at radius 2 is 1.90 bits per heavy atom. The molecule has 3 rings (SSSR count). The molecule has 0 unspecified atom stereocenters. The molecule has 1 saturated carbocycles. The summed E-state index contributed by atoms with van der Waals surface area (Å²) in [5.74, 6) is 1.14. The Hall–Kier alpha value is -1.55. The van der Waals surface area contributed by atoms with E-state index in [1.165, 1.54) is 5.56 Å². The highest BCUT2D eigenvalue weighted by molar-refractivity contribution is 5.80. The third-order valence-corrected chi connectivity index (χ3v) is 4.35. The van der Waals surface area contributed by atoms with Crippen LogP contribution >= 0.6 is 0 Å². The fourth-order valence-electron chi connectivity index (χ4n) is 2.82. The zero-order valence-corrected chi connectivity index (χ0v) is 11.9. The maximum Gasteiger partial charge on any atom is 0.223 e. The lowest BCUT2D eigenvalue weighted by Crippen LogP contribution is -2.40. The highest BCUT2D eigenvalue weighted by Crippen LogP contribution is 2.46. The van der Waals surface area contributed by atoms with Crippen LogP contribution in [-0.2, 0) is 15.1 Å². The summed E-state index contributed by atoms with van der Waals surface area (Å²) in [4.78, 5) is 12.4. The summed E-state index contributed by atoms with van der Waals surface area (Å²) in [5, 5.41) is 3.26. The Labute approximate surface area is 119 Å². The molecule has 2 fully saturated rings. The number of carbonyl (C=O) groups excluding carboxylic acids is 1. The van der Waals surface area contributed by atoms with Gasteiger partial charge in [0.1, 0.15) is 5.75 Å². The lowest BCUT2D eigenvalue weighted by atomic mass is 9.97. The number of ether oxygens (including phenoxy) is 2. The quantitative estimate of drug-likeness (QED) is 0.916. The molecular formula is C16H21NO3. The summed E-state index contributed by atoms with van der Waals surface area (Å²) in [5.41, 5.74) is 1.04. The Kier molecular flexibility index (Phi) is 3.66. The number of benzene rings is 1. The minimum atomic E-state index is -0.137. The van der Waals surface area contributed by atoms with Gasteiger partial charge >= 0.3 is 0 Å². The summed E-state index contributed by atoms with van der Waals surface area (Å²) in [6, 6.07) is 8.01. The molecule has 2 aliphatic rings. The molecule has 20 heavy (non-hydrogen) atoms. The number of amides is 1. The smallest absolute Gasteiger partial charge is 0.223 e. The summed E-state index contributed by atoms with van der Waals surface area (Å²) in [7, 11) is 1.66. The second-order valence-electron chi connectivity index (χ2n) is 5.69. The molecule has 0 radical (unpaired) electrons. The van der Waals surface area contributed by atoms with Crippen LogP contribution in [0.3, 0.4) is 0 Å². The van der Waals surface area contributed by atoms with E-state index in [-0.39, 0.29) is 17.4 Å². The van der Waals surface area contributed by atoms with Gasteiger partial charge in [0, 0.05) is 19.1 Å². The van der Waals surface area contributed by atoms with E-state index in [0.717, 1.165) is 31.4 Å². The van der Waals surface area contributed by atoms with E-state index in [4.69, 9.17) is 9.47 Å². The van der Waals surface area contributed by atoms with Crippen LogP contribution in [0.5, 0.6) is 5.75 Å². The van der Waals surface area contributed by atoms with Gasteiger partial charge in [-0.05, 0) is 43.4 Å². The standard InChI is InChI=1S/C16H21NO3/c1-19-14-4-2-13(3-5-14)16(8-9-16)17-15(18)12-6-10-20-11-7-12/h2-5,12H,6-11H2,1H3,(H,17,18). The number of methoxy groups -OCH3 is 1. The predicted octanol–water partition coefficient (Wildman–Crippen LogP) is 2.23. The molecule has 1 aromatic carbocycles. The first-order valence-electron chi connectivity index (χ1n) is 7.28. The van der Waals surface area contributed by atoms with Crippen LogP contribution in [0, 0.1) is 5.92 Å². The van der Waals surface area contributed by atoms with Crippen molar-refractivity contribution in [1.29, 1.82) is 0 Å². The maximum absolute atomic E-state index is 12.4. The van der Waals surface area contributed by atoms with Gasteiger partial charge in [-0.15, -0.1) is 0 Å². The molecule has 1 heterocycles. The molecular weight excluding hydrogens is 254 g/mol. The minimum absolute atomic E-state index is 0.111. The van der Waals surface area contributed by atoms with Gasteiger partial charge in [0.2, 0.25) is 5.91 Å². The van der Waals surface area contributed by atoms with Crippen LogP contribution in [0.2, 0.25) is 0 Å². The van der Waals surface area contributed by atoms with Crippen LogP contribution in [0.1, 0.15) is 31.2 Å². The van der Waals surface area contributed by atoms with E-state index in [2.05, 4.69) is 17.4 Å². The van der Waals surface area contributed by atoms with Crippen molar-refractivity contribution in [2.24, 2.45) is 5.92 Å². The van der Waals surface area contributed by atoms with Crippen molar-refractivity contribution in [3.05, 3.63) is 29.8 Å². The molecule has 0 aromatic heterocycles. The fraction of sp³-hybridized carbons (Fsp3) is 0.562. The molecule has 0 spiro atoms. The number of nitrogens with one attached hydrogen (secondary N) is 1. The Morgan fingerprint density at radius 1 is 1.25 bits per heavy atom. The van der Waals surface area contributed by atoms with Crippen molar-refractivity contribution in [2.45, 2.75) is 31.2 Å². The topological polar surface area (TPSA) is 47.6 Å². The van der Waals surface area contributed by atoms with Gasteiger partial charge in [0.05, 0.1) is 12.6 Å². The molecule has 0 bridgehead atoms. The zero-order valence-electron chi connectivity index (χ0n) is 11.9. The molecule has 1 amide bonds. The number of rotatable bonds is 4. The van der Waals surface area contributed by atoms with Gasteiger partial charge < -0.3 is 14.8 Å². The van der Waals surface area contributed by atoms with Gasteiger partial charge in [-0.1, -0.05) is 12.1 Å². The Morgan fingerprint density at radius 3 is 2.45 bits per heavy atom. The first-order valence-corrected chi connectivity index (χ1v) is 7.28. The van der Waals surface area contributed by atoms with Gasteiger partial charge in [-0.2, -0.15) is 0 Å². The van der Waals surface area contributed by atoms with Crippen LogP contribution in [0.4, 0.5) is 0 Å². The van der Waals surface area contributed by atoms with Crippen molar-refractivity contribution in [3.63, 3.8) is 0 Å². The van der Waals surface area contributed by atoms with E-state index in [0.29, 0.717) is 13.2 Å². The van der Waals surface area contributed by atoms with E-state index in [1.807, 2.05) is 12.1 Å². The van der Waals surface area contributed by atoms with E-state index >= 15 is 0 Å². The van der Waals surface area contributed by atoms with Crippen molar-refractivity contribution < 1.29 is 14.3 Å². The van der Waals surface area contributed by atoms with Crippen molar-refractivity contribution >= 4 is 5.91 Å². The monoisotopic (exact) mass is 275 g/mol. The van der Waals surface area contributed by atoms with Crippen LogP contribution in [0.15, 0.2) is 24.3 Å². The lowest BCUT2D eigenvalue weighted by molar-refractivity contribution is -0.128. The summed E-state index contributed by atoms with van der Waals surface area (Å²) >= 11 is 0. The lowest BCUT2D eigenvalue weighted by Gasteiger charge is -2.25. The molecule has 1 aliphatic carbocycles. The third kappa shape index (κ3) is 2.66. The average molecular weight is 275 g/mol. The number of hydrogen-bond acceptors (Lipinski definition) is 3. The third-order valence-electron chi connectivity index (χ3n) is 4.35. The molecule has 4 heteroatoms. The van der Waals surface area contributed by atoms with Crippen LogP contribution in [-0.4, -0.2) is 26.2 Å². The first-order chi connectivity index (χ1) is 9.73. The molecule has 108 valence electrons. The zero-order chi connectivity index (χ0) is 14.0. The fourth-order valence-corrected chi connectivity index (χ4v) is 2.82. The largest absolute Gasteiger partial charge is 0.497 e. The highest BCUT2D eigenvalue weighted by Gasteiger charge is 2.46. The maximum atomic E-state index is 12.4. The average Bonchev–Trinajstić information content (AvgIpc) is 3.29. The second kappa shape index (κ2) is 5.44. The normalized spacial score (nSPS) is 21.2. The number of carbonyl (C=O) groups is 1. The molecule has 1 aliphatic heterocycles. The van der Waals surface area contributed by atoms with E-state index in [9.17, 15) is 4.79 Å². The van der Waals surface area contributed by atoms with Gasteiger partial charge in [-0.3, -0.25) is 4.79 Å².